The summed E-state index contributed by atoms with van der Waals surface area (Å²) in [5.74, 6) is 6.18. The summed E-state index contributed by atoms with van der Waals surface area (Å²) in [5.41, 5.74) is 2.33. The molecule has 0 aliphatic rings. The molecule has 1 atom stereocenters. The maximum absolute atomic E-state index is 9.19. The van der Waals surface area contributed by atoms with Gasteiger partial charge in [0.2, 0.25) is 5.95 Å². The van der Waals surface area contributed by atoms with E-state index in [0.29, 0.717) is 10.8 Å². The zero-order valence-electron chi connectivity index (χ0n) is 9.24. The Morgan fingerprint density at radius 1 is 1.56 bits per heavy atom. The second kappa shape index (κ2) is 5.83. The van der Waals surface area contributed by atoms with Crippen LogP contribution in [0, 0.1) is 5.92 Å². The van der Waals surface area contributed by atoms with Crippen LogP contribution in [0.2, 0.25) is 5.02 Å². The van der Waals surface area contributed by atoms with Gasteiger partial charge >= 0.3 is 0 Å². The van der Waals surface area contributed by atoms with Crippen LogP contribution in [0.25, 0.3) is 0 Å². The summed E-state index contributed by atoms with van der Waals surface area (Å²) < 4.78 is 0. The van der Waals surface area contributed by atoms with E-state index in [0.717, 1.165) is 0 Å². The van der Waals surface area contributed by atoms with E-state index in [2.05, 4.69) is 20.7 Å². The van der Waals surface area contributed by atoms with Crippen molar-refractivity contribution in [2.45, 2.75) is 19.9 Å². The predicted octanol–water partition coefficient (Wildman–Crippen LogP) is 0.844. The van der Waals surface area contributed by atoms with Gasteiger partial charge in [0.05, 0.1) is 18.8 Å². The summed E-state index contributed by atoms with van der Waals surface area (Å²) in [5, 5.41) is 12.6. The lowest BCUT2D eigenvalue weighted by Gasteiger charge is -2.21. The third-order valence-electron chi connectivity index (χ3n) is 2.20. The van der Waals surface area contributed by atoms with Crippen LogP contribution in [-0.2, 0) is 0 Å². The lowest BCUT2D eigenvalue weighted by atomic mass is 10.1. The van der Waals surface area contributed by atoms with E-state index in [-0.39, 0.29) is 24.5 Å². The fourth-order valence-corrected chi connectivity index (χ4v) is 1.28. The molecule has 0 bridgehead atoms. The van der Waals surface area contributed by atoms with E-state index < -0.39 is 0 Å². The predicted molar refractivity (Wildman–Crippen MR) is 64.2 cm³/mol. The molecular formula is C9H16ClN5O. The van der Waals surface area contributed by atoms with E-state index in [9.17, 15) is 5.11 Å². The number of nitrogen functional groups attached to an aromatic ring is 1. The van der Waals surface area contributed by atoms with Gasteiger partial charge in [0.1, 0.15) is 5.02 Å². The molecule has 6 nitrogen and oxygen atoms in total. The van der Waals surface area contributed by atoms with Crippen LogP contribution >= 0.6 is 11.6 Å². The first kappa shape index (κ1) is 13.0. The fraction of sp³-hybridized carbons (Fsp3) is 0.556. The number of aromatic nitrogens is 2. The van der Waals surface area contributed by atoms with Crippen molar-refractivity contribution in [3.05, 3.63) is 11.2 Å². The molecule has 0 saturated carbocycles. The highest BCUT2D eigenvalue weighted by Crippen LogP contribution is 2.21. The summed E-state index contributed by atoms with van der Waals surface area (Å²) in [6, 6.07) is -0.113. The number of hydrogen-bond acceptors (Lipinski definition) is 6. The van der Waals surface area contributed by atoms with Gasteiger partial charge < -0.3 is 10.4 Å². The van der Waals surface area contributed by atoms with Crippen molar-refractivity contribution in [2.75, 3.05) is 17.3 Å². The van der Waals surface area contributed by atoms with Gasteiger partial charge in [-0.1, -0.05) is 25.4 Å². The normalized spacial score (nSPS) is 12.6. The van der Waals surface area contributed by atoms with Crippen LogP contribution in [0.4, 0.5) is 11.8 Å². The molecule has 1 heterocycles. The summed E-state index contributed by atoms with van der Waals surface area (Å²) in [7, 11) is 0. The maximum Gasteiger partial charge on any atom is 0.239 e. The van der Waals surface area contributed by atoms with Crippen molar-refractivity contribution >= 4 is 23.4 Å². The number of nitrogens with one attached hydrogen (secondary N) is 2. The zero-order chi connectivity index (χ0) is 12.1. The Labute approximate surface area is 99.2 Å². The molecule has 0 aromatic carbocycles. The number of nitrogens with zero attached hydrogens (tertiary/aromatic N) is 2. The minimum Gasteiger partial charge on any atom is -0.394 e. The smallest absolute Gasteiger partial charge is 0.239 e. The first-order chi connectivity index (χ1) is 7.58. The Bertz CT molecular complexity index is 347. The zero-order valence-corrected chi connectivity index (χ0v) is 9.99. The summed E-state index contributed by atoms with van der Waals surface area (Å²) in [4.78, 5) is 7.91. The van der Waals surface area contributed by atoms with Crippen LogP contribution in [0.3, 0.4) is 0 Å². The minimum absolute atomic E-state index is 0.00336. The molecule has 5 N–H and O–H groups in total. The van der Waals surface area contributed by atoms with Crippen molar-refractivity contribution in [2.24, 2.45) is 11.8 Å². The number of anilines is 2. The molecule has 1 aromatic heterocycles. The SMILES string of the molecule is CC(C)[C@@H](CO)Nc1nc(NN)ncc1Cl. The molecule has 0 fully saturated rings. The van der Waals surface area contributed by atoms with E-state index in [4.69, 9.17) is 17.4 Å². The monoisotopic (exact) mass is 245 g/mol. The highest BCUT2D eigenvalue weighted by molar-refractivity contribution is 6.32. The van der Waals surface area contributed by atoms with E-state index in [1.54, 1.807) is 0 Å². The Kier molecular flexibility index (Phi) is 4.72. The number of aliphatic hydroxyl groups is 1. The van der Waals surface area contributed by atoms with Gasteiger partial charge in [-0.2, -0.15) is 4.98 Å². The van der Waals surface area contributed by atoms with Gasteiger partial charge in [-0.05, 0) is 5.92 Å². The van der Waals surface area contributed by atoms with Crippen LogP contribution in [0.5, 0.6) is 0 Å². The van der Waals surface area contributed by atoms with Gasteiger partial charge in [0.15, 0.2) is 5.82 Å². The first-order valence-corrected chi connectivity index (χ1v) is 5.32. The van der Waals surface area contributed by atoms with Gasteiger partial charge in [0.25, 0.3) is 0 Å². The average molecular weight is 246 g/mol. The molecular weight excluding hydrogens is 230 g/mol. The Morgan fingerprint density at radius 3 is 2.75 bits per heavy atom. The molecule has 0 aliphatic heterocycles. The highest BCUT2D eigenvalue weighted by Gasteiger charge is 2.14. The second-order valence-corrected chi connectivity index (χ2v) is 4.12. The Balaban J connectivity index is 2.86. The van der Waals surface area contributed by atoms with Crippen molar-refractivity contribution in [3.63, 3.8) is 0 Å². The molecule has 16 heavy (non-hydrogen) atoms. The summed E-state index contributed by atoms with van der Waals surface area (Å²) in [6.07, 6.45) is 1.45. The number of rotatable bonds is 5. The van der Waals surface area contributed by atoms with E-state index in [1.807, 2.05) is 13.8 Å². The third kappa shape index (κ3) is 3.19. The van der Waals surface area contributed by atoms with Crippen molar-refractivity contribution in [1.29, 1.82) is 0 Å². The topological polar surface area (TPSA) is 96.1 Å². The first-order valence-electron chi connectivity index (χ1n) is 4.95. The van der Waals surface area contributed by atoms with Crippen molar-refractivity contribution in [3.8, 4) is 0 Å². The number of hydrogen-bond donors (Lipinski definition) is 4. The minimum atomic E-state index is -0.113. The second-order valence-electron chi connectivity index (χ2n) is 3.71. The number of aliphatic hydroxyl groups excluding tert-OH is 1. The summed E-state index contributed by atoms with van der Waals surface area (Å²) in [6.45, 7) is 3.99. The third-order valence-corrected chi connectivity index (χ3v) is 2.47. The average Bonchev–Trinajstić information content (AvgIpc) is 2.27. The molecule has 90 valence electrons. The lowest BCUT2D eigenvalue weighted by Crippen LogP contribution is -2.30. The standard InChI is InChI=1S/C9H16ClN5O/c1-5(2)7(4-16)13-8-6(10)3-12-9(14-8)15-11/h3,5,7,16H,4,11H2,1-2H3,(H2,12,13,14,15)/t7-/m1/s1. The molecule has 1 rings (SSSR count). The fourth-order valence-electron chi connectivity index (χ4n) is 1.14. The van der Waals surface area contributed by atoms with Gasteiger partial charge in [-0.3, -0.25) is 5.43 Å². The quantitative estimate of drug-likeness (QED) is 0.454. The molecule has 0 saturated heterocycles. The number of halogens is 1. The largest absolute Gasteiger partial charge is 0.394 e. The van der Waals surface area contributed by atoms with Crippen LogP contribution in [0.15, 0.2) is 6.20 Å². The van der Waals surface area contributed by atoms with Crippen molar-refractivity contribution in [1.82, 2.24) is 9.97 Å². The molecule has 0 aliphatic carbocycles. The lowest BCUT2D eigenvalue weighted by molar-refractivity contribution is 0.249. The van der Waals surface area contributed by atoms with E-state index >= 15 is 0 Å². The molecule has 1 aromatic rings. The van der Waals surface area contributed by atoms with Gasteiger partial charge in [0, 0.05) is 0 Å². The number of hydrazine groups is 1. The molecule has 7 heteroatoms. The Morgan fingerprint density at radius 2 is 2.25 bits per heavy atom. The molecule has 0 amide bonds. The molecule has 0 radical (unpaired) electrons. The van der Waals surface area contributed by atoms with E-state index in [1.165, 1.54) is 6.20 Å². The van der Waals surface area contributed by atoms with Crippen LogP contribution < -0.4 is 16.6 Å². The number of nitrogens with two attached hydrogens (primary N) is 1. The maximum atomic E-state index is 9.19. The van der Waals surface area contributed by atoms with Crippen LogP contribution in [0.1, 0.15) is 13.8 Å². The highest BCUT2D eigenvalue weighted by atomic mass is 35.5. The molecule has 0 spiro atoms. The van der Waals surface area contributed by atoms with Crippen molar-refractivity contribution < 1.29 is 5.11 Å². The van der Waals surface area contributed by atoms with Gasteiger partial charge in [-0.15, -0.1) is 0 Å². The van der Waals surface area contributed by atoms with Crippen LogP contribution in [-0.4, -0.2) is 27.7 Å². The Hall–Kier alpha value is -1.11. The molecule has 0 unspecified atom stereocenters. The summed E-state index contributed by atoms with van der Waals surface area (Å²) >= 11 is 5.92. The van der Waals surface area contributed by atoms with Gasteiger partial charge in [-0.25, -0.2) is 10.8 Å².